The number of carbonyl (C=O) groups excluding carboxylic acids is 1. The standard InChI is InChI=1S/C13H21N3O/c1-9(2)12(16(3)4)13(17)15-11-7-5-10(14)6-8-11/h5-9,12H,14H2,1-4H3,(H,15,17). The van der Waals surface area contributed by atoms with Crippen LogP contribution in [0.2, 0.25) is 0 Å². The number of hydrogen-bond acceptors (Lipinski definition) is 3. The summed E-state index contributed by atoms with van der Waals surface area (Å²) in [4.78, 5) is 14.0. The zero-order valence-electron chi connectivity index (χ0n) is 10.9. The van der Waals surface area contributed by atoms with Crippen LogP contribution in [0, 0.1) is 5.92 Å². The molecule has 3 N–H and O–H groups in total. The molecule has 1 aromatic carbocycles. The summed E-state index contributed by atoms with van der Waals surface area (Å²) in [6, 6.07) is 7.03. The summed E-state index contributed by atoms with van der Waals surface area (Å²) >= 11 is 0. The van der Waals surface area contributed by atoms with Crippen LogP contribution in [0.5, 0.6) is 0 Å². The minimum Gasteiger partial charge on any atom is -0.399 e. The molecule has 0 aliphatic carbocycles. The lowest BCUT2D eigenvalue weighted by atomic mass is 10.0. The number of anilines is 2. The highest BCUT2D eigenvalue weighted by molar-refractivity contribution is 5.95. The third kappa shape index (κ3) is 3.75. The molecule has 0 radical (unpaired) electrons. The fourth-order valence-electron chi connectivity index (χ4n) is 1.92. The Morgan fingerprint density at radius 2 is 1.76 bits per heavy atom. The van der Waals surface area contributed by atoms with Crippen LogP contribution in [0.25, 0.3) is 0 Å². The van der Waals surface area contributed by atoms with Gasteiger partial charge in [0, 0.05) is 11.4 Å². The van der Waals surface area contributed by atoms with E-state index in [1.807, 2.05) is 32.8 Å². The topological polar surface area (TPSA) is 58.4 Å². The van der Waals surface area contributed by atoms with Crippen LogP contribution in [-0.2, 0) is 4.79 Å². The molecule has 1 aromatic rings. The molecule has 0 aliphatic heterocycles. The molecule has 0 saturated carbocycles. The quantitative estimate of drug-likeness (QED) is 0.782. The van der Waals surface area contributed by atoms with Gasteiger partial charge in [0.1, 0.15) is 0 Å². The Hall–Kier alpha value is -1.55. The van der Waals surface area contributed by atoms with Crippen molar-refractivity contribution in [1.82, 2.24) is 4.90 Å². The third-order valence-corrected chi connectivity index (χ3v) is 2.63. The Bertz CT molecular complexity index is 363. The highest BCUT2D eigenvalue weighted by Crippen LogP contribution is 2.14. The maximum absolute atomic E-state index is 12.1. The molecular weight excluding hydrogens is 214 g/mol. The molecule has 0 spiro atoms. The Morgan fingerprint density at radius 3 is 2.18 bits per heavy atom. The van der Waals surface area contributed by atoms with E-state index in [-0.39, 0.29) is 17.9 Å². The fourth-order valence-corrected chi connectivity index (χ4v) is 1.92. The van der Waals surface area contributed by atoms with Crippen LogP contribution in [0.4, 0.5) is 11.4 Å². The van der Waals surface area contributed by atoms with Crippen LogP contribution < -0.4 is 11.1 Å². The molecule has 1 rings (SSSR count). The molecule has 0 heterocycles. The average Bonchev–Trinajstić information content (AvgIpc) is 2.20. The van der Waals surface area contributed by atoms with E-state index in [2.05, 4.69) is 5.32 Å². The lowest BCUT2D eigenvalue weighted by Gasteiger charge is -2.26. The van der Waals surface area contributed by atoms with Crippen molar-refractivity contribution in [2.75, 3.05) is 25.1 Å². The zero-order chi connectivity index (χ0) is 13.0. The van der Waals surface area contributed by atoms with E-state index in [4.69, 9.17) is 5.73 Å². The van der Waals surface area contributed by atoms with Crippen LogP contribution in [0.15, 0.2) is 24.3 Å². The van der Waals surface area contributed by atoms with Gasteiger partial charge >= 0.3 is 0 Å². The molecule has 4 heteroatoms. The summed E-state index contributed by atoms with van der Waals surface area (Å²) in [5.74, 6) is 0.272. The molecule has 94 valence electrons. The smallest absolute Gasteiger partial charge is 0.241 e. The predicted octanol–water partition coefficient (Wildman–Crippen LogP) is 1.79. The van der Waals surface area contributed by atoms with Gasteiger partial charge in [0.05, 0.1) is 6.04 Å². The van der Waals surface area contributed by atoms with Crippen LogP contribution >= 0.6 is 0 Å². The van der Waals surface area contributed by atoms with Crippen LogP contribution in [0.3, 0.4) is 0 Å². The van der Waals surface area contributed by atoms with Crippen LogP contribution in [0.1, 0.15) is 13.8 Å². The summed E-state index contributed by atoms with van der Waals surface area (Å²) in [5, 5.41) is 2.90. The van der Waals surface area contributed by atoms with Crippen molar-refractivity contribution in [3.63, 3.8) is 0 Å². The summed E-state index contributed by atoms with van der Waals surface area (Å²) in [6.45, 7) is 4.07. The third-order valence-electron chi connectivity index (χ3n) is 2.63. The van der Waals surface area contributed by atoms with E-state index in [0.717, 1.165) is 5.69 Å². The first kappa shape index (κ1) is 13.5. The van der Waals surface area contributed by atoms with Crippen LogP contribution in [-0.4, -0.2) is 30.9 Å². The van der Waals surface area contributed by atoms with Gasteiger partial charge in [-0.2, -0.15) is 0 Å². The molecule has 0 bridgehead atoms. The maximum Gasteiger partial charge on any atom is 0.241 e. The normalized spacial score (nSPS) is 12.8. The Labute approximate surface area is 103 Å². The number of nitrogens with zero attached hydrogens (tertiary/aromatic N) is 1. The van der Waals surface area contributed by atoms with Gasteiger partial charge < -0.3 is 11.1 Å². The first-order valence-electron chi connectivity index (χ1n) is 5.74. The average molecular weight is 235 g/mol. The molecule has 4 nitrogen and oxygen atoms in total. The number of nitrogen functional groups attached to an aromatic ring is 1. The van der Waals surface area contributed by atoms with Crippen molar-refractivity contribution >= 4 is 17.3 Å². The van der Waals surface area contributed by atoms with E-state index < -0.39 is 0 Å². The molecule has 0 aliphatic rings. The van der Waals surface area contributed by atoms with Crippen molar-refractivity contribution in [2.45, 2.75) is 19.9 Å². The largest absolute Gasteiger partial charge is 0.399 e. The zero-order valence-corrected chi connectivity index (χ0v) is 10.9. The number of nitrogens with two attached hydrogens (primary N) is 1. The Balaban J connectivity index is 2.73. The summed E-state index contributed by atoms with van der Waals surface area (Å²) < 4.78 is 0. The highest BCUT2D eigenvalue weighted by atomic mass is 16.2. The van der Waals surface area contributed by atoms with Gasteiger partial charge in [-0.05, 0) is 44.3 Å². The van der Waals surface area contributed by atoms with Gasteiger partial charge in [0.2, 0.25) is 5.91 Å². The SMILES string of the molecule is CC(C)C(C(=O)Nc1ccc(N)cc1)N(C)C. The number of hydrogen-bond donors (Lipinski definition) is 2. The van der Waals surface area contributed by atoms with Gasteiger partial charge in [0.25, 0.3) is 0 Å². The highest BCUT2D eigenvalue weighted by Gasteiger charge is 2.24. The van der Waals surface area contributed by atoms with Crippen molar-refractivity contribution in [3.05, 3.63) is 24.3 Å². The number of carbonyl (C=O) groups is 1. The minimum absolute atomic E-state index is 0.00905. The molecule has 1 amide bonds. The first-order valence-corrected chi connectivity index (χ1v) is 5.74. The van der Waals surface area contributed by atoms with E-state index in [0.29, 0.717) is 5.69 Å². The van der Waals surface area contributed by atoms with Gasteiger partial charge in [-0.25, -0.2) is 0 Å². The number of benzene rings is 1. The van der Waals surface area contributed by atoms with E-state index >= 15 is 0 Å². The Kier molecular flexibility index (Phi) is 4.52. The minimum atomic E-state index is -0.132. The van der Waals surface area contributed by atoms with E-state index in [1.54, 1.807) is 24.3 Å². The molecule has 0 aromatic heterocycles. The summed E-state index contributed by atoms with van der Waals surface area (Å²) in [6.07, 6.45) is 0. The van der Waals surface area contributed by atoms with Crippen molar-refractivity contribution < 1.29 is 4.79 Å². The second-order valence-corrected chi connectivity index (χ2v) is 4.76. The molecule has 1 unspecified atom stereocenters. The number of nitrogens with one attached hydrogen (secondary N) is 1. The second kappa shape index (κ2) is 5.68. The summed E-state index contributed by atoms with van der Waals surface area (Å²) in [7, 11) is 3.82. The number of rotatable bonds is 4. The first-order chi connectivity index (χ1) is 7.91. The van der Waals surface area contributed by atoms with Crippen molar-refractivity contribution in [3.8, 4) is 0 Å². The van der Waals surface area contributed by atoms with E-state index in [9.17, 15) is 4.79 Å². The van der Waals surface area contributed by atoms with Gasteiger partial charge in [0.15, 0.2) is 0 Å². The lowest BCUT2D eigenvalue weighted by Crippen LogP contribution is -2.43. The maximum atomic E-state index is 12.1. The van der Waals surface area contributed by atoms with Gasteiger partial charge in [-0.3, -0.25) is 9.69 Å². The lowest BCUT2D eigenvalue weighted by molar-refractivity contribution is -0.121. The van der Waals surface area contributed by atoms with E-state index in [1.165, 1.54) is 0 Å². The Morgan fingerprint density at radius 1 is 1.24 bits per heavy atom. The molecule has 0 saturated heterocycles. The fraction of sp³-hybridized carbons (Fsp3) is 0.462. The molecule has 0 fully saturated rings. The van der Waals surface area contributed by atoms with Gasteiger partial charge in [-0.15, -0.1) is 0 Å². The molecule has 1 atom stereocenters. The second-order valence-electron chi connectivity index (χ2n) is 4.76. The summed E-state index contributed by atoms with van der Waals surface area (Å²) in [5.41, 5.74) is 7.06. The van der Waals surface area contributed by atoms with Gasteiger partial charge in [-0.1, -0.05) is 13.8 Å². The molecular formula is C13H21N3O. The predicted molar refractivity (Wildman–Crippen MR) is 71.8 cm³/mol. The van der Waals surface area contributed by atoms with Crippen molar-refractivity contribution in [1.29, 1.82) is 0 Å². The molecule has 17 heavy (non-hydrogen) atoms. The number of likely N-dealkylation sites (N-methyl/N-ethyl adjacent to an activating group) is 1. The number of amides is 1. The monoisotopic (exact) mass is 235 g/mol. The van der Waals surface area contributed by atoms with Crippen molar-refractivity contribution in [2.24, 2.45) is 5.92 Å².